The number of carbonyl (C=O) groups excluding carboxylic acids is 1. The quantitative estimate of drug-likeness (QED) is 0.868. The number of hydrogen-bond acceptors (Lipinski definition) is 3. The van der Waals surface area contributed by atoms with Crippen molar-refractivity contribution in [2.24, 2.45) is 0 Å². The molecule has 1 aromatic carbocycles. The largest absolute Gasteiger partial charge is 0.477 e. The van der Waals surface area contributed by atoms with Gasteiger partial charge in [0, 0.05) is 30.5 Å². The topological polar surface area (TPSA) is 73.7 Å². The molecule has 3 heterocycles. The van der Waals surface area contributed by atoms with Gasteiger partial charge in [-0.1, -0.05) is 18.2 Å². The Kier molecular flexibility index (Phi) is 3.87. The summed E-state index contributed by atoms with van der Waals surface area (Å²) in [5.41, 5.74) is 3.83. The average molecular weight is 337 g/mol. The van der Waals surface area contributed by atoms with E-state index in [0.29, 0.717) is 31.6 Å². The Bertz CT molecular complexity index is 850. The Morgan fingerprint density at radius 2 is 1.88 bits per heavy atom. The molecule has 2 aliphatic rings. The van der Waals surface area contributed by atoms with Crippen LogP contribution in [-0.2, 0) is 19.4 Å². The van der Waals surface area contributed by atoms with Gasteiger partial charge in [-0.3, -0.25) is 4.90 Å². The molecule has 0 fully saturated rings. The van der Waals surface area contributed by atoms with Gasteiger partial charge in [0.25, 0.3) is 0 Å². The fourth-order valence-electron chi connectivity index (χ4n) is 3.72. The van der Waals surface area contributed by atoms with Crippen LogP contribution in [-0.4, -0.2) is 40.1 Å². The van der Waals surface area contributed by atoms with Crippen LogP contribution in [0.25, 0.3) is 0 Å². The van der Waals surface area contributed by atoms with Crippen molar-refractivity contribution in [3.05, 3.63) is 58.9 Å². The zero-order valence-electron chi connectivity index (χ0n) is 13.8. The molecule has 0 unspecified atom stereocenters. The molecule has 0 aliphatic carbocycles. The lowest BCUT2D eigenvalue weighted by atomic mass is 9.98. The third-order valence-electron chi connectivity index (χ3n) is 4.97. The number of amides is 2. The minimum atomic E-state index is -1.05. The van der Waals surface area contributed by atoms with E-state index in [-0.39, 0.29) is 11.7 Å². The van der Waals surface area contributed by atoms with E-state index < -0.39 is 5.97 Å². The summed E-state index contributed by atoms with van der Waals surface area (Å²) in [6.45, 7) is 1.58. The lowest BCUT2D eigenvalue weighted by Gasteiger charge is -2.36. The first-order valence-electron chi connectivity index (χ1n) is 8.49. The summed E-state index contributed by atoms with van der Waals surface area (Å²) in [6.07, 6.45) is 4.10. The average Bonchev–Trinajstić information content (AvgIpc) is 2.66. The Labute approximate surface area is 145 Å². The summed E-state index contributed by atoms with van der Waals surface area (Å²) in [4.78, 5) is 32.1. The molecule has 2 aromatic rings. The maximum Gasteiger partial charge on any atom is 0.354 e. The fourth-order valence-corrected chi connectivity index (χ4v) is 3.72. The molecule has 0 atom stereocenters. The zero-order chi connectivity index (χ0) is 17.4. The zero-order valence-corrected chi connectivity index (χ0v) is 13.8. The van der Waals surface area contributed by atoms with Crippen molar-refractivity contribution in [2.45, 2.75) is 25.8 Å². The summed E-state index contributed by atoms with van der Waals surface area (Å²) < 4.78 is 0. The van der Waals surface area contributed by atoms with Crippen molar-refractivity contribution in [2.75, 3.05) is 18.0 Å². The molecule has 0 radical (unpaired) electrons. The summed E-state index contributed by atoms with van der Waals surface area (Å²) in [6, 6.07) is 9.77. The molecule has 128 valence electrons. The molecule has 1 aromatic heterocycles. The standard InChI is InChI=1S/C19H19N3O3/c23-18(24)17-15-12-21(11-8-13(15)7-9-20-17)19(25)22-10-3-5-14-4-1-2-6-16(14)22/h1-2,4,6-7,9H,3,5,8,10-12H2,(H,23,24). The normalized spacial score (nSPS) is 16.2. The number of benzene rings is 1. The Morgan fingerprint density at radius 3 is 2.72 bits per heavy atom. The van der Waals surface area contributed by atoms with Gasteiger partial charge in [0.1, 0.15) is 0 Å². The lowest BCUT2D eigenvalue weighted by Crippen LogP contribution is -2.47. The van der Waals surface area contributed by atoms with E-state index in [1.165, 1.54) is 11.8 Å². The Balaban J connectivity index is 1.62. The van der Waals surface area contributed by atoms with Crippen LogP contribution in [0.15, 0.2) is 36.5 Å². The third-order valence-corrected chi connectivity index (χ3v) is 4.97. The van der Waals surface area contributed by atoms with E-state index in [1.807, 2.05) is 29.2 Å². The van der Waals surface area contributed by atoms with Crippen LogP contribution >= 0.6 is 0 Å². The SMILES string of the molecule is O=C(O)c1nccc2c1CN(C(=O)N1CCCc3ccccc31)CC2. The predicted molar refractivity (Wildman–Crippen MR) is 92.8 cm³/mol. The second-order valence-electron chi connectivity index (χ2n) is 6.44. The van der Waals surface area contributed by atoms with Crippen molar-refractivity contribution in [1.29, 1.82) is 0 Å². The summed E-state index contributed by atoms with van der Waals surface area (Å²) in [5, 5.41) is 9.37. The number of para-hydroxylation sites is 1. The molecule has 0 saturated carbocycles. The van der Waals surface area contributed by atoms with E-state index in [0.717, 1.165) is 24.1 Å². The molecule has 25 heavy (non-hydrogen) atoms. The van der Waals surface area contributed by atoms with Crippen molar-refractivity contribution < 1.29 is 14.7 Å². The van der Waals surface area contributed by atoms with E-state index in [2.05, 4.69) is 11.1 Å². The maximum atomic E-state index is 13.1. The highest BCUT2D eigenvalue weighted by molar-refractivity contribution is 5.94. The van der Waals surface area contributed by atoms with E-state index >= 15 is 0 Å². The number of hydrogen-bond donors (Lipinski definition) is 1. The lowest BCUT2D eigenvalue weighted by molar-refractivity contribution is 0.0687. The van der Waals surface area contributed by atoms with Gasteiger partial charge in [-0.25, -0.2) is 14.6 Å². The summed E-state index contributed by atoms with van der Waals surface area (Å²) >= 11 is 0. The van der Waals surface area contributed by atoms with Crippen LogP contribution in [0.5, 0.6) is 0 Å². The van der Waals surface area contributed by atoms with Crippen LogP contribution in [0.4, 0.5) is 10.5 Å². The van der Waals surface area contributed by atoms with Gasteiger partial charge in [0.2, 0.25) is 0 Å². The molecule has 6 nitrogen and oxygen atoms in total. The number of pyridine rings is 1. The number of aromatic nitrogens is 1. The van der Waals surface area contributed by atoms with Crippen LogP contribution in [0.2, 0.25) is 0 Å². The smallest absolute Gasteiger partial charge is 0.354 e. The number of fused-ring (bicyclic) bond motifs is 2. The van der Waals surface area contributed by atoms with Gasteiger partial charge < -0.3 is 10.0 Å². The van der Waals surface area contributed by atoms with Crippen molar-refractivity contribution in [3.8, 4) is 0 Å². The van der Waals surface area contributed by atoms with Crippen LogP contribution < -0.4 is 4.90 Å². The highest BCUT2D eigenvalue weighted by Crippen LogP contribution is 2.29. The number of nitrogens with zero attached hydrogens (tertiary/aromatic N) is 3. The molecule has 6 heteroatoms. The number of carboxylic acids is 1. The first-order chi connectivity index (χ1) is 12.1. The van der Waals surface area contributed by atoms with Gasteiger partial charge in [0.05, 0.1) is 6.54 Å². The first-order valence-corrected chi connectivity index (χ1v) is 8.49. The van der Waals surface area contributed by atoms with Crippen molar-refractivity contribution >= 4 is 17.7 Å². The number of carbonyl (C=O) groups is 2. The fraction of sp³-hybridized carbons (Fsp3) is 0.316. The van der Waals surface area contributed by atoms with Crippen LogP contribution in [0.1, 0.15) is 33.6 Å². The van der Waals surface area contributed by atoms with Gasteiger partial charge in [-0.15, -0.1) is 0 Å². The van der Waals surface area contributed by atoms with E-state index in [4.69, 9.17) is 0 Å². The molecule has 4 rings (SSSR count). The highest BCUT2D eigenvalue weighted by Gasteiger charge is 2.30. The number of rotatable bonds is 1. The number of aryl methyl sites for hydroxylation is 1. The second kappa shape index (κ2) is 6.20. The van der Waals surface area contributed by atoms with Gasteiger partial charge >= 0.3 is 12.0 Å². The van der Waals surface area contributed by atoms with Gasteiger partial charge in [0.15, 0.2) is 5.69 Å². The molecule has 0 spiro atoms. The van der Waals surface area contributed by atoms with E-state index in [9.17, 15) is 14.7 Å². The molecule has 1 N–H and O–H groups in total. The Morgan fingerprint density at radius 1 is 1.04 bits per heavy atom. The summed E-state index contributed by atoms with van der Waals surface area (Å²) in [7, 11) is 0. The molecule has 2 amide bonds. The first kappa shape index (κ1) is 15.6. The minimum Gasteiger partial charge on any atom is -0.477 e. The summed E-state index contributed by atoms with van der Waals surface area (Å²) in [5.74, 6) is -1.05. The van der Waals surface area contributed by atoms with Crippen molar-refractivity contribution in [3.63, 3.8) is 0 Å². The maximum absolute atomic E-state index is 13.1. The monoisotopic (exact) mass is 337 g/mol. The van der Waals surface area contributed by atoms with Crippen LogP contribution in [0, 0.1) is 0 Å². The second-order valence-corrected chi connectivity index (χ2v) is 6.44. The molecule has 0 saturated heterocycles. The number of aromatic carboxylic acids is 1. The third kappa shape index (κ3) is 2.73. The van der Waals surface area contributed by atoms with Gasteiger partial charge in [-0.2, -0.15) is 0 Å². The van der Waals surface area contributed by atoms with Crippen LogP contribution in [0.3, 0.4) is 0 Å². The van der Waals surface area contributed by atoms with E-state index in [1.54, 1.807) is 4.90 Å². The number of urea groups is 1. The van der Waals surface area contributed by atoms with Gasteiger partial charge in [-0.05, 0) is 42.5 Å². The number of anilines is 1. The molecular weight excluding hydrogens is 318 g/mol. The molecule has 2 aliphatic heterocycles. The highest BCUT2D eigenvalue weighted by atomic mass is 16.4. The van der Waals surface area contributed by atoms with Crippen molar-refractivity contribution in [1.82, 2.24) is 9.88 Å². The Hall–Kier alpha value is -2.89. The molecular formula is C19H19N3O3. The molecule has 0 bridgehead atoms. The predicted octanol–water partition coefficient (Wildman–Crippen LogP) is 2.71. The number of carboxylic acid groups (broad SMARTS) is 1. The minimum absolute atomic E-state index is 0.0500.